The largest absolute Gasteiger partial charge is 0.346 e. The summed E-state index contributed by atoms with van der Waals surface area (Å²) < 4.78 is 1.66. The first-order chi connectivity index (χ1) is 7.95. The van der Waals surface area contributed by atoms with Crippen LogP contribution < -0.4 is 5.32 Å². The SMILES string of the molecule is CCc1nn(C)cc1C(=O)NC(C)(CC)CCl. The van der Waals surface area contributed by atoms with E-state index in [-0.39, 0.29) is 11.4 Å². The van der Waals surface area contributed by atoms with Crippen LogP contribution in [-0.4, -0.2) is 27.1 Å². The molecule has 0 aromatic carbocycles. The van der Waals surface area contributed by atoms with Gasteiger partial charge in [0.15, 0.2) is 0 Å². The Morgan fingerprint density at radius 3 is 2.71 bits per heavy atom. The van der Waals surface area contributed by atoms with Gasteiger partial charge in [0.1, 0.15) is 0 Å². The first-order valence-corrected chi connectivity index (χ1v) is 6.40. The molecule has 0 fully saturated rings. The molecule has 0 bridgehead atoms. The Morgan fingerprint density at radius 2 is 2.24 bits per heavy atom. The monoisotopic (exact) mass is 257 g/mol. The molecule has 1 rings (SSSR count). The summed E-state index contributed by atoms with van der Waals surface area (Å²) in [5.41, 5.74) is 1.09. The van der Waals surface area contributed by atoms with Crippen LogP contribution >= 0.6 is 11.6 Å². The Balaban J connectivity index is 2.89. The molecule has 0 saturated heterocycles. The van der Waals surface area contributed by atoms with Gasteiger partial charge >= 0.3 is 0 Å². The molecule has 1 N–H and O–H groups in total. The lowest BCUT2D eigenvalue weighted by Crippen LogP contribution is -2.47. The van der Waals surface area contributed by atoms with Gasteiger partial charge in [-0.1, -0.05) is 13.8 Å². The third kappa shape index (κ3) is 3.22. The zero-order chi connectivity index (χ0) is 13.1. The number of alkyl halides is 1. The van der Waals surface area contributed by atoms with E-state index in [0.29, 0.717) is 11.4 Å². The second-order valence-electron chi connectivity index (χ2n) is 4.52. The van der Waals surface area contributed by atoms with E-state index in [1.165, 1.54) is 0 Å². The number of rotatable bonds is 5. The first-order valence-electron chi connectivity index (χ1n) is 5.86. The third-order valence-corrected chi connectivity index (χ3v) is 3.57. The van der Waals surface area contributed by atoms with Crippen molar-refractivity contribution in [3.8, 4) is 0 Å². The van der Waals surface area contributed by atoms with Crippen molar-refractivity contribution >= 4 is 17.5 Å². The third-order valence-electron chi connectivity index (χ3n) is 2.98. The minimum absolute atomic E-state index is 0.0973. The van der Waals surface area contributed by atoms with Crippen LogP contribution in [0.1, 0.15) is 43.2 Å². The molecule has 0 aliphatic rings. The lowest BCUT2D eigenvalue weighted by molar-refractivity contribution is 0.0911. The van der Waals surface area contributed by atoms with Crippen molar-refractivity contribution in [1.29, 1.82) is 0 Å². The average molecular weight is 258 g/mol. The lowest BCUT2D eigenvalue weighted by Gasteiger charge is -2.26. The first kappa shape index (κ1) is 14.0. The fraction of sp³-hybridized carbons (Fsp3) is 0.667. The molecule has 0 aliphatic heterocycles. The molecule has 96 valence electrons. The minimum atomic E-state index is -0.362. The Morgan fingerprint density at radius 1 is 1.59 bits per heavy atom. The summed E-state index contributed by atoms with van der Waals surface area (Å²) in [4.78, 5) is 12.1. The van der Waals surface area contributed by atoms with Gasteiger partial charge in [-0.05, 0) is 19.8 Å². The van der Waals surface area contributed by atoms with Crippen LogP contribution in [0.5, 0.6) is 0 Å². The van der Waals surface area contributed by atoms with Crippen molar-refractivity contribution in [1.82, 2.24) is 15.1 Å². The van der Waals surface area contributed by atoms with Crippen molar-refractivity contribution in [2.75, 3.05) is 5.88 Å². The molecule has 1 unspecified atom stereocenters. The van der Waals surface area contributed by atoms with Gasteiger partial charge in [-0.25, -0.2) is 0 Å². The average Bonchev–Trinajstić information content (AvgIpc) is 2.70. The standard InChI is InChI=1S/C12H20ClN3O/c1-5-10-9(7-16(4)15-10)11(17)14-12(3,6-2)8-13/h7H,5-6,8H2,1-4H3,(H,14,17). The minimum Gasteiger partial charge on any atom is -0.346 e. The molecule has 1 atom stereocenters. The number of hydrogen-bond acceptors (Lipinski definition) is 2. The Labute approximate surface area is 107 Å². The van der Waals surface area contributed by atoms with Gasteiger partial charge in [-0.3, -0.25) is 9.48 Å². The molecular formula is C12H20ClN3O. The summed E-state index contributed by atoms with van der Waals surface area (Å²) in [6.45, 7) is 5.94. The van der Waals surface area contributed by atoms with Crippen molar-refractivity contribution in [2.24, 2.45) is 7.05 Å². The second-order valence-corrected chi connectivity index (χ2v) is 4.79. The highest BCUT2D eigenvalue weighted by Crippen LogP contribution is 2.14. The maximum atomic E-state index is 12.1. The molecular weight excluding hydrogens is 238 g/mol. The molecule has 1 aromatic rings. The van der Waals surface area contributed by atoms with E-state index >= 15 is 0 Å². The van der Waals surface area contributed by atoms with Crippen LogP contribution in [0.2, 0.25) is 0 Å². The summed E-state index contributed by atoms with van der Waals surface area (Å²) in [6.07, 6.45) is 3.29. The zero-order valence-electron chi connectivity index (χ0n) is 10.9. The van der Waals surface area contributed by atoms with Crippen molar-refractivity contribution in [3.05, 3.63) is 17.5 Å². The van der Waals surface area contributed by atoms with Crippen molar-refractivity contribution < 1.29 is 4.79 Å². The molecule has 0 spiro atoms. The Hall–Kier alpha value is -1.03. The van der Waals surface area contributed by atoms with E-state index < -0.39 is 0 Å². The quantitative estimate of drug-likeness (QED) is 0.822. The van der Waals surface area contributed by atoms with E-state index in [1.54, 1.807) is 10.9 Å². The molecule has 5 heteroatoms. The molecule has 0 saturated carbocycles. The van der Waals surface area contributed by atoms with Crippen LogP contribution in [0.3, 0.4) is 0 Å². The summed E-state index contributed by atoms with van der Waals surface area (Å²) in [7, 11) is 1.82. The van der Waals surface area contributed by atoms with Crippen LogP contribution in [0.15, 0.2) is 6.20 Å². The van der Waals surface area contributed by atoms with Gasteiger partial charge in [0, 0.05) is 19.1 Å². The van der Waals surface area contributed by atoms with Gasteiger partial charge in [0.2, 0.25) is 0 Å². The number of amides is 1. The number of carbonyl (C=O) groups is 1. The molecule has 4 nitrogen and oxygen atoms in total. The Bertz CT molecular complexity index is 396. The molecule has 17 heavy (non-hydrogen) atoms. The smallest absolute Gasteiger partial charge is 0.255 e. The number of nitrogens with one attached hydrogen (secondary N) is 1. The molecule has 1 aromatic heterocycles. The van der Waals surface area contributed by atoms with E-state index in [0.717, 1.165) is 18.5 Å². The zero-order valence-corrected chi connectivity index (χ0v) is 11.6. The van der Waals surface area contributed by atoms with Gasteiger partial charge in [0.25, 0.3) is 5.91 Å². The maximum Gasteiger partial charge on any atom is 0.255 e. The molecule has 1 heterocycles. The van der Waals surface area contributed by atoms with Gasteiger partial charge in [0.05, 0.1) is 16.8 Å². The van der Waals surface area contributed by atoms with E-state index in [1.807, 2.05) is 27.8 Å². The summed E-state index contributed by atoms with van der Waals surface area (Å²) in [6, 6.07) is 0. The highest BCUT2D eigenvalue weighted by molar-refractivity contribution is 6.18. The number of aromatic nitrogens is 2. The topological polar surface area (TPSA) is 46.9 Å². The van der Waals surface area contributed by atoms with Crippen LogP contribution in [0.25, 0.3) is 0 Å². The normalized spacial score (nSPS) is 14.4. The number of aryl methyl sites for hydroxylation is 2. The fourth-order valence-corrected chi connectivity index (χ4v) is 1.80. The molecule has 1 amide bonds. The highest BCUT2D eigenvalue weighted by Gasteiger charge is 2.25. The number of nitrogens with zero attached hydrogens (tertiary/aromatic N) is 2. The van der Waals surface area contributed by atoms with E-state index in [4.69, 9.17) is 11.6 Å². The van der Waals surface area contributed by atoms with E-state index in [9.17, 15) is 4.79 Å². The van der Waals surface area contributed by atoms with Gasteiger partial charge in [-0.15, -0.1) is 11.6 Å². The Kier molecular flexibility index (Phi) is 4.57. The predicted molar refractivity (Wildman–Crippen MR) is 69.5 cm³/mol. The second kappa shape index (κ2) is 5.54. The summed E-state index contributed by atoms with van der Waals surface area (Å²) >= 11 is 5.88. The number of carbonyl (C=O) groups excluding carboxylic acids is 1. The van der Waals surface area contributed by atoms with Crippen molar-refractivity contribution in [3.63, 3.8) is 0 Å². The van der Waals surface area contributed by atoms with Crippen LogP contribution in [0.4, 0.5) is 0 Å². The summed E-state index contributed by atoms with van der Waals surface area (Å²) in [5.74, 6) is 0.302. The molecule has 0 radical (unpaired) electrons. The van der Waals surface area contributed by atoms with Crippen molar-refractivity contribution in [2.45, 2.75) is 39.2 Å². The van der Waals surface area contributed by atoms with E-state index in [2.05, 4.69) is 10.4 Å². The highest BCUT2D eigenvalue weighted by atomic mass is 35.5. The van der Waals surface area contributed by atoms with Crippen LogP contribution in [-0.2, 0) is 13.5 Å². The van der Waals surface area contributed by atoms with Gasteiger partial charge in [-0.2, -0.15) is 5.10 Å². The van der Waals surface area contributed by atoms with Gasteiger partial charge < -0.3 is 5.32 Å². The predicted octanol–water partition coefficient (Wildman–Crippen LogP) is 2.12. The van der Waals surface area contributed by atoms with Crippen LogP contribution in [0, 0.1) is 0 Å². The molecule has 0 aliphatic carbocycles. The number of halogens is 1. The number of hydrogen-bond donors (Lipinski definition) is 1. The summed E-state index contributed by atoms with van der Waals surface area (Å²) in [5, 5.41) is 7.23. The lowest BCUT2D eigenvalue weighted by atomic mass is 10.0. The maximum absolute atomic E-state index is 12.1. The fourth-order valence-electron chi connectivity index (χ4n) is 1.54.